The van der Waals surface area contributed by atoms with Crippen molar-refractivity contribution in [1.82, 2.24) is 10.6 Å². The molecule has 5 rings (SSSR count). The van der Waals surface area contributed by atoms with Crippen molar-refractivity contribution in [3.63, 3.8) is 0 Å². The van der Waals surface area contributed by atoms with Crippen molar-refractivity contribution < 1.29 is 45.4 Å². The maximum atomic E-state index is 14.0. The van der Waals surface area contributed by atoms with Crippen LogP contribution in [0.2, 0.25) is 0 Å². The van der Waals surface area contributed by atoms with Gasteiger partial charge in [-0.3, -0.25) is 10.6 Å². The number of rotatable bonds is 12. The number of halogens is 6. The quantitative estimate of drug-likeness (QED) is 0.0752. The largest absolute Gasteiger partial charge is 0.436 e. The maximum absolute atomic E-state index is 14.0. The Balaban J connectivity index is 1.42. The van der Waals surface area contributed by atoms with E-state index in [1.165, 1.54) is 36.4 Å². The highest BCUT2D eigenvalue weighted by molar-refractivity contribution is 6.03. The fraction of sp³-hybridized carbons (Fsp3) is 0.238. The van der Waals surface area contributed by atoms with Crippen LogP contribution < -0.4 is 10.6 Å². The Bertz CT molecular complexity index is 1890. The molecular weight excluding hydrogens is 710 g/mol. The molecule has 0 spiro atoms. The van der Waals surface area contributed by atoms with Crippen molar-refractivity contribution in [1.29, 1.82) is 0 Å². The van der Waals surface area contributed by atoms with Gasteiger partial charge >= 0.3 is 24.3 Å². The summed E-state index contributed by atoms with van der Waals surface area (Å²) in [7, 11) is 0. The Morgan fingerprint density at radius 1 is 0.463 bits per heavy atom. The van der Waals surface area contributed by atoms with Gasteiger partial charge in [0.25, 0.3) is 0 Å². The van der Waals surface area contributed by atoms with Crippen molar-refractivity contribution in [2.75, 3.05) is 0 Å². The maximum Gasteiger partial charge on any atom is 0.416 e. The first kappa shape index (κ1) is 39.7. The van der Waals surface area contributed by atoms with Crippen LogP contribution in [0.4, 0.5) is 26.3 Å². The van der Waals surface area contributed by atoms with Gasteiger partial charge < -0.3 is 9.47 Å². The minimum atomic E-state index is -4.50. The molecular formula is C42H38F6N2O4. The minimum Gasteiger partial charge on any atom is -0.436 e. The molecule has 0 saturated carbocycles. The molecule has 5 aromatic rings. The second-order valence-electron chi connectivity index (χ2n) is 13.1. The molecule has 0 amide bonds. The normalized spacial score (nSPS) is 15.3. The summed E-state index contributed by atoms with van der Waals surface area (Å²) in [6.45, 7) is 6.62. The first-order chi connectivity index (χ1) is 25.4. The Morgan fingerprint density at radius 3 is 1.06 bits per heavy atom. The van der Waals surface area contributed by atoms with Gasteiger partial charge in [0.05, 0.1) is 22.3 Å². The van der Waals surface area contributed by atoms with Crippen molar-refractivity contribution in [2.24, 2.45) is 0 Å². The summed E-state index contributed by atoms with van der Waals surface area (Å²) < 4.78 is 91.5. The topological polar surface area (TPSA) is 76.7 Å². The van der Waals surface area contributed by atoms with E-state index in [1.54, 1.807) is 100 Å². The van der Waals surface area contributed by atoms with E-state index < -0.39 is 59.0 Å². The third kappa shape index (κ3) is 9.36. The molecule has 0 aliphatic rings. The van der Waals surface area contributed by atoms with Gasteiger partial charge in [0.15, 0.2) is 11.4 Å². The Kier molecular flexibility index (Phi) is 11.7. The van der Waals surface area contributed by atoms with Crippen LogP contribution in [-0.2, 0) is 33.3 Å². The number of hydrogen-bond acceptors (Lipinski definition) is 6. The number of esters is 2. The monoisotopic (exact) mass is 748 g/mol. The molecule has 0 aromatic heterocycles. The van der Waals surface area contributed by atoms with E-state index in [2.05, 4.69) is 10.6 Å². The van der Waals surface area contributed by atoms with Crippen molar-refractivity contribution in [3.05, 3.63) is 178 Å². The Morgan fingerprint density at radius 2 is 0.759 bits per heavy atom. The lowest BCUT2D eigenvalue weighted by atomic mass is 9.99. The fourth-order valence-corrected chi connectivity index (χ4v) is 6.09. The van der Waals surface area contributed by atoms with Gasteiger partial charge in [-0.2, -0.15) is 26.3 Å². The highest BCUT2D eigenvalue weighted by Crippen LogP contribution is 2.34. The van der Waals surface area contributed by atoms with E-state index in [4.69, 9.17) is 9.47 Å². The molecule has 0 radical (unpaired) electrons. The Hall–Kier alpha value is -5.46. The average molecular weight is 749 g/mol. The van der Waals surface area contributed by atoms with E-state index in [0.29, 0.717) is 22.3 Å². The summed E-state index contributed by atoms with van der Waals surface area (Å²) >= 11 is 0. The Labute approximate surface area is 309 Å². The average Bonchev–Trinajstić information content (AvgIpc) is 3.14. The van der Waals surface area contributed by atoms with Gasteiger partial charge in [0.2, 0.25) is 0 Å². The molecule has 0 aliphatic heterocycles. The zero-order valence-corrected chi connectivity index (χ0v) is 29.8. The molecule has 6 nitrogen and oxygen atoms in total. The molecule has 0 saturated heterocycles. The van der Waals surface area contributed by atoms with Crippen LogP contribution in [0.5, 0.6) is 0 Å². The van der Waals surface area contributed by atoms with Crippen molar-refractivity contribution in [3.8, 4) is 0 Å². The fourth-order valence-electron chi connectivity index (χ4n) is 6.09. The highest BCUT2D eigenvalue weighted by Gasteiger charge is 2.38. The summed E-state index contributed by atoms with van der Waals surface area (Å²) in [6, 6.07) is 31.3. The number of benzene rings is 5. The SMILES string of the molecule is C[C@@H](N[C@](C)(OC(=O)c1ccccc1C(=O)O[C@@](C)(N[C@H](C)c1ccc(C(F)(F)F)cc1)c1ccccc1)c1ccccc1)c1ccc(C(F)(F)F)cc1. The number of ether oxygens (including phenoxy) is 2. The molecule has 4 atom stereocenters. The summed E-state index contributed by atoms with van der Waals surface area (Å²) in [4.78, 5) is 28.1. The number of carbonyl (C=O) groups is 2. The van der Waals surface area contributed by atoms with Crippen molar-refractivity contribution in [2.45, 2.75) is 63.6 Å². The minimum absolute atomic E-state index is 0.125. The van der Waals surface area contributed by atoms with Crippen LogP contribution in [0.3, 0.4) is 0 Å². The van der Waals surface area contributed by atoms with Gasteiger partial charge in [-0.05, 0) is 75.2 Å². The predicted octanol–water partition coefficient (Wildman–Crippen LogP) is 10.5. The molecule has 5 aromatic carbocycles. The molecule has 0 bridgehead atoms. The molecule has 0 unspecified atom stereocenters. The first-order valence-corrected chi connectivity index (χ1v) is 17.0. The van der Waals surface area contributed by atoms with Gasteiger partial charge in [0, 0.05) is 23.2 Å². The number of alkyl halides is 6. The standard InChI is InChI=1S/C42H38F6N2O4/c1-27(29-19-23-33(24-20-29)41(43,44)45)49-39(3,31-13-7-5-8-14-31)53-37(51)35-17-11-12-18-36(35)38(52)54-40(4,32-15-9-6-10-16-32)50-28(2)30-21-25-34(26-22-30)42(46,47)48/h5-28,49-50H,1-4H3/t27-,28-,39-,40-/m1/s1. The third-order valence-electron chi connectivity index (χ3n) is 9.07. The van der Waals surface area contributed by atoms with Crippen LogP contribution in [-0.4, -0.2) is 11.9 Å². The highest BCUT2D eigenvalue weighted by atomic mass is 19.4. The molecule has 0 aliphatic carbocycles. The summed E-state index contributed by atoms with van der Waals surface area (Å²) in [6.07, 6.45) is -9.01. The molecule has 54 heavy (non-hydrogen) atoms. The molecule has 282 valence electrons. The van der Waals surface area contributed by atoms with E-state index >= 15 is 0 Å². The van der Waals surface area contributed by atoms with E-state index in [0.717, 1.165) is 24.3 Å². The molecule has 0 fully saturated rings. The number of hydrogen-bond donors (Lipinski definition) is 2. The van der Waals surface area contributed by atoms with Gasteiger partial charge in [-0.1, -0.05) is 97.1 Å². The smallest absolute Gasteiger partial charge is 0.416 e. The second kappa shape index (κ2) is 15.9. The third-order valence-corrected chi connectivity index (χ3v) is 9.07. The lowest BCUT2D eigenvalue weighted by molar-refractivity contribution is -0.138. The van der Waals surface area contributed by atoms with Gasteiger partial charge in [-0.25, -0.2) is 9.59 Å². The zero-order chi connectivity index (χ0) is 39.3. The number of carbonyl (C=O) groups excluding carboxylic acids is 2. The van der Waals surface area contributed by atoms with E-state index in [1.807, 2.05) is 0 Å². The molecule has 12 heteroatoms. The van der Waals surface area contributed by atoms with Crippen LogP contribution in [0, 0.1) is 0 Å². The first-order valence-electron chi connectivity index (χ1n) is 17.0. The predicted molar refractivity (Wildman–Crippen MR) is 191 cm³/mol. The summed E-state index contributed by atoms with van der Waals surface area (Å²) in [5.41, 5.74) is -2.86. The van der Waals surface area contributed by atoms with Crippen LogP contribution in [0.25, 0.3) is 0 Å². The lowest BCUT2D eigenvalue weighted by Gasteiger charge is -2.35. The molecule has 0 heterocycles. The number of nitrogens with one attached hydrogen (secondary N) is 2. The van der Waals surface area contributed by atoms with Crippen LogP contribution >= 0.6 is 0 Å². The molecule has 2 N–H and O–H groups in total. The second-order valence-corrected chi connectivity index (χ2v) is 13.1. The summed E-state index contributed by atoms with van der Waals surface area (Å²) in [5, 5.41) is 6.46. The van der Waals surface area contributed by atoms with Crippen LogP contribution in [0.15, 0.2) is 133 Å². The van der Waals surface area contributed by atoms with E-state index in [-0.39, 0.29) is 11.1 Å². The van der Waals surface area contributed by atoms with E-state index in [9.17, 15) is 35.9 Å². The van der Waals surface area contributed by atoms with Crippen LogP contribution in [0.1, 0.15) is 93.9 Å². The van der Waals surface area contributed by atoms with Gasteiger partial charge in [-0.15, -0.1) is 0 Å². The lowest BCUT2D eigenvalue weighted by Crippen LogP contribution is -2.46. The summed E-state index contributed by atoms with van der Waals surface area (Å²) in [5.74, 6) is -1.79. The zero-order valence-electron chi connectivity index (χ0n) is 29.8. The van der Waals surface area contributed by atoms with Crippen molar-refractivity contribution >= 4 is 11.9 Å². The van der Waals surface area contributed by atoms with Gasteiger partial charge in [0.1, 0.15) is 0 Å².